The molecule has 2 aromatic carbocycles. The van der Waals surface area contributed by atoms with Gasteiger partial charge in [-0.05, 0) is 62.1 Å². The van der Waals surface area contributed by atoms with Crippen molar-refractivity contribution in [2.75, 3.05) is 10.2 Å². The molecule has 1 aliphatic rings. The van der Waals surface area contributed by atoms with Gasteiger partial charge in [0, 0.05) is 5.69 Å². The van der Waals surface area contributed by atoms with Crippen molar-refractivity contribution in [2.45, 2.75) is 32.8 Å². The molecule has 0 unspecified atom stereocenters. The van der Waals surface area contributed by atoms with Gasteiger partial charge in [0.1, 0.15) is 6.26 Å². The molecular formula is C23H22N2O4. The first kappa shape index (κ1) is 18.8. The van der Waals surface area contributed by atoms with Crippen LogP contribution >= 0.6 is 0 Å². The van der Waals surface area contributed by atoms with Gasteiger partial charge < -0.3 is 9.15 Å². The minimum Gasteiger partial charge on any atom is -0.472 e. The van der Waals surface area contributed by atoms with E-state index in [4.69, 9.17) is 9.15 Å². The maximum Gasteiger partial charge on any atom is 0.411 e. The molecule has 0 aliphatic carbocycles. The van der Waals surface area contributed by atoms with Gasteiger partial charge in [-0.1, -0.05) is 24.3 Å². The number of nitrogens with one attached hydrogen (secondary N) is 1. The summed E-state index contributed by atoms with van der Waals surface area (Å²) >= 11 is 0. The van der Waals surface area contributed by atoms with Gasteiger partial charge in [0.15, 0.2) is 0 Å². The van der Waals surface area contributed by atoms with Crippen LogP contribution in [0.5, 0.6) is 0 Å². The van der Waals surface area contributed by atoms with Gasteiger partial charge in [-0.2, -0.15) is 0 Å². The molecule has 2 amide bonds. The van der Waals surface area contributed by atoms with Crippen molar-refractivity contribution in [3.8, 4) is 0 Å². The highest BCUT2D eigenvalue weighted by Gasteiger charge is 2.27. The van der Waals surface area contributed by atoms with Gasteiger partial charge >= 0.3 is 6.09 Å². The highest BCUT2D eigenvalue weighted by atomic mass is 16.6. The minimum absolute atomic E-state index is 0.184. The second-order valence-corrected chi connectivity index (χ2v) is 7.20. The average molecular weight is 390 g/mol. The molecule has 0 atom stereocenters. The lowest BCUT2D eigenvalue weighted by atomic mass is 10.0. The molecule has 2 heterocycles. The van der Waals surface area contributed by atoms with Crippen molar-refractivity contribution in [3.05, 3.63) is 77.7 Å². The van der Waals surface area contributed by atoms with Crippen LogP contribution in [0, 0.1) is 0 Å². The fourth-order valence-electron chi connectivity index (χ4n) is 3.50. The third-order valence-corrected chi connectivity index (χ3v) is 4.78. The van der Waals surface area contributed by atoms with E-state index in [0.29, 0.717) is 11.3 Å². The van der Waals surface area contributed by atoms with Crippen molar-refractivity contribution in [1.29, 1.82) is 0 Å². The number of hydrogen-bond donors (Lipinski definition) is 1. The molecule has 1 N–H and O–H groups in total. The molecule has 1 aromatic heterocycles. The van der Waals surface area contributed by atoms with Crippen LogP contribution in [0.25, 0.3) is 0 Å². The Bertz CT molecular complexity index is 1040. The van der Waals surface area contributed by atoms with Crippen molar-refractivity contribution in [2.24, 2.45) is 0 Å². The van der Waals surface area contributed by atoms with E-state index in [0.717, 1.165) is 35.3 Å². The monoisotopic (exact) mass is 390 g/mol. The van der Waals surface area contributed by atoms with E-state index in [1.165, 1.54) is 12.5 Å². The Labute approximate surface area is 169 Å². The number of benzene rings is 2. The summed E-state index contributed by atoms with van der Waals surface area (Å²) in [6, 6.07) is 15.1. The summed E-state index contributed by atoms with van der Waals surface area (Å²) in [5.41, 5.74) is 4.72. The second-order valence-electron chi connectivity index (χ2n) is 7.20. The molecule has 0 saturated carbocycles. The van der Waals surface area contributed by atoms with Gasteiger partial charge in [0.2, 0.25) is 0 Å². The van der Waals surface area contributed by atoms with Crippen LogP contribution in [0.2, 0.25) is 0 Å². The second kappa shape index (κ2) is 7.83. The van der Waals surface area contributed by atoms with Crippen LogP contribution in [0.15, 0.2) is 65.5 Å². The molecule has 0 radical (unpaired) electrons. The highest BCUT2D eigenvalue weighted by Crippen LogP contribution is 2.38. The number of fused-ring (bicyclic) bond motifs is 2. The predicted molar refractivity (Wildman–Crippen MR) is 111 cm³/mol. The summed E-state index contributed by atoms with van der Waals surface area (Å²) in [5.74, 6) is -0.184. The molecular weight excluding hydrogens is 368 g/mol. The molecule has 1 aliphatic heterocycles. The predicted octanol–water partition coefficient (Wildman–Crippen LogP) is 5.31. The van der Waals surface area contributed by atoms with Crippen LogP contribution in [-0.4, -0.2) is 18.1 Å². The normalized spacial score (nSPS) is 12.7. The fraction of sp³-hybridized carbons (Fsp3) is 0.217. The first-order valence-corrected chi connectivity index (χ1v) is 9.58. The number of anilines is 3. The molecule has 0 spiro atoms. The number of rotatable bonds is 3. The molecule has 0 fully saturated rings. The Morgan fingerprint density at radius 3 is 2.52 bits per heavy atom. The Kier molecular flexibility index (Phi) is 5.08. The smallest absolute Gasteiger partial charge is 0.411 e. The van der Waals surface area contributed by atoms with Gasteiger partial charge in [0.05, 0.1) is 29.3 Å². The molecule has 3 aromatic rings. The zero-order chi connectivity index (χ0) is 20.4. The number of hydrogen-bond acceptors (Lipinski definition) is 4. The first-order chi connectivity index (χ1) is 14.0. The topological polar surface area (TPSA) is 71.8 Å². The lowest BCUT2D eigenvalue weighted by Crippen LogP contribution is -2.27. The maximum atomic E-state index is 13.4. The third-order valence-electron chi connectivity index (χ3n) is 4.78. The van der Waals surface area contributed by atoms with Crippen molar-refractivity contribution in [3.63, 3.8) is 0 Å². The summed E-state index contributed by atoms with van der Waals surface area (Å²) in [6.45, 7) is 3.58. The van der Waals surface area contributed by atoms with Gasteiger partial charge in [-0.15, -0.1) is 0 Å². The number of para-hydroxylation sites is 1. The zero-order valence-electron chi connectivity index (χ0n) is 16.3. The quantitative estimate of drug-likeness (QED) is 0.657. The number of furan rings is 1. The van der Waals surface area contributed by atoms with Crippen molar-refractivity contribution in [1.82, 2.24) is 0 Å². The van der Waals surface area contributed by atoms with Crippen LogP contribution in [-0.2, 0) is 17.6 Å². The van der Waals surface area contributed by atoms with E-state index in [1.54, 1.807) is 24.8 Å². The van der Waals surface area contributed by atoms with Crippen molar-refractivity contribution < 1.29 is 18.7 Å². The summed E-state index contributed by atoms with van der Waals surface area (Å²) in [5, 5.41) is 2.74. The number of carbonyl (C=O) groups excluding carboxylic acids is 2. The van der Waals surface area contributed by atoms with Gasteiger partial charge in [0.25, 0.3) is 5.91 Å². The molecule has 0 saturated heterocycles. The Balaban J connectivity index is 1.78. The van der Waals surface area contributed by atoms with E-state index in [1.807, 2.05) is 42.5 Å². The zero-order valence-corrected chi connectivity index (χ0v) is 16.3. The van der Waals surface area contributed by atoms with E-state index >= 15 is 0 Å². The first-order valence-electron chi connectivity index (χ1n) is 9.58. The lowest BCUT2D eigenvalue weighted by Gasteiger charge is -2.25. The molecule has 6 nitrogen and oxygen atoms in total. The van der Waals surface area contributed by atoms with E-state index in [2.05, 4.69) is 5.32 Å². The average Bonchev–Trinajstić information content (AvgIpc) is 3.17. The van der Waals surface area contributed by atoms with E-state index < -0.39 is 6.09 Å². The summed E-state index contributed by atoms with van der Waals surface area (Å²) in [7, 11) is 0. The SMILES string of the molecule is CC(C)OC(=O)Nc1ccc2c(c1)N(C(=O)c1ccoc1)c1ccccc1CC2. The largest absolute Gasteiger partial charge is 0.472 e. The van der Waals surface area contributed by atoms with E-state index in [-0.39, 0.29) is 12.0 Å². The Morgan fingerprint density at radius 1 is 1.03 bits per heavy atom. The molecule has 6 heteroatoms. The summed E-state index contributed by atoms with van der Waals surface area (Å²) < 4.78 is 10.3. The standard InChI is InChI=1S/C23H22N2O4/c1-15(2)29-23(27)24-19-10-9-17-8-7-16-5-3-4-6-20(16)25(21(17)13-19)22(26)18-11-12-28-14-18/h3-6,9-15H,7-8H2,1-2H3,(H,24,27). The number of carbonyl (C=O) groups is 2. The summed E-state index contributed by atoms with van der Waals surface area (Å²) in [4.78, 5) is 27.1. The fourth-order valence-corrected chi connectivity index (χ4v) is 3.50. The highest BCUT2D eigenvalue weighted by molar-refractivity contribution is 6.12. The Hall–Kier alpha value is -3.54. The van der Waals surface area contributed by atoms with E-state index in [9.17, 15) is 9.59 Å². The number of amides is 2. The molecule has 4 rings (SSSR count). The molecule has 0 bridgehead atoms. The third kappa shape index (κ3) is 3.87. The molecule has 29 heavy (non-hydrogen) atoms. The Morgan fingerprint density at radius 2 is 1.79 bits per heavy atom. The minimum atomic E-state index is -0.526. The van der Waals surface area contributed by atoms with Crippen LogP contribution in [0.3, 0.4) is 0 Å². The number of ether oxygens (including phenoxy) is 1. The number of nitrogens with zero attached hydrogens (tertiary/aromatic N) is 1. The number of aryl methyl sites for hydroxylation is 2. The van der Waals surface area contributed by atoms with Gasteiger partial charge in [-0.3, -0.25) is 15.0 Å². The maximum absolute atomic E-state index is 13.4. The van der Waals surface area contributed by atoms with Crippen molar-refractivity contribution >= 4 is 29.1 Å². The lowest BCUT2D eigenvalue weighted by molar-refractivity contribution is 0.0998. The van der Waals surface area contributed by atoms with Gasteiger partial charge in [-0.25, -0.2) is 4.79 Å². The van der Waals surface area contributed by atoms with Crippen LogP contribution in [0.1, 0.15) is 35.3 Å². The van der Waals surface area contributed by atoms with Crippen LogP contribution in [0.4, 0.5) is 21.9 Å². The van der Waals surface area contributed by atoms with Crippen LogP contribution < -0.4 is 10.2 Å². The summed E-state index contributed by atoms with van der Waals surface area (Å²) in [6.07, 6.45) is 3.79. The molecule has 148 valence electrons.